The van der Waals surface area contributed by atoms with Gasteiger partial charge in [0, 0.05) is 0 Å². The van der Waals surface area contributed by atoms with Crippen LogP contribution in [0.1, 0.15) is 0 Å². The molecule has 1 heterocycles. The largest absolute Gasteiger partial charge is 0.411 e. The smallest absolute Gasteiger partial charge is 0.126 e. The topological polar surface area (TPSA) is 82.3 Å². The Morgan fingerprint density at radius 3 is 2.70 bits per heavy atom. The number of aliphatic hydroxyl groups excluding tert-OH is 2. The molecule has 0 unspecified atom stereocenters. The number of nitrogens with zero attached hydrogens (tertiary/aromatic N) is 1. The molecule has 1 fully saturated rings. The van der Waals surface area contributed by atoms with Gasteiger partial charge in [-0.15, -0.1) is 0 Å². The number of hydrogen-bond donors (Lipinski definition) is 3. The first kappa shape index (κ1) is 7.46. The van der Waals surface area contributed by atoms with Crippen LogP contribution >= 0.6 is 0 Å². The first-order chi connectivity index (χ1) is 4.75. The molecule has 1 aliphatic heterocycles. The zero-order valence-electron chi connectivity index (χ0n) is 5.27. The van der Waals surface area contributed by atoms with Crippen LogP contribution < -0.4 is 0 Å². The van der Waals surface area contributed by atoms with Gasteiger partial charge in [0.25, 0.3) is 0 Å². The van der Waals surface area contributed by atoms with Crippen LogP contribution in [-0.2, 0) is 4.74 Å². The molecule has 0 radical (unpaired) electrons. The van der Waals surface area contributed by atoms with Crippen LogP contribution in [0.4, 0.5) is 0 Å². The highest BCUT2D eigenvalue weighted by Gasteiger charge is 2.27. The number of hydrogen-bond acceptors (Lipinski definition) is 5. The van der Waals surface area contributed by atoms with Crippen molar-refractivity contribution >= 4 is 5.71 Å². The van der Waals surface area contributed by atoms with Gasteiger partial charge in [0.15, 0.2) is 0 Å². The molecule has 0 amide bonds. The van der Waals surface area contributed by atoms with E-state index in [4.69, 9.17) is 20.2 Å². The zero-order valence-corrected chi connectivity index (χ0v) is 5.27. The van der Waals surface area contributed by atoms with Gasteiger partial charge in [-0.3, -0.25) is 0 Å². The quantitative estimate of drug-likeness (QED) is 0.290. The second-order valence-corrected chi connectivity index (χ2v) is 2.12. The number of aliphatic hydroxyl groups is 2. The summed E-state index contributed by atoms with van der Waals surface area (Å²) >= 11 is 0. The minimum absolute atomic E-state index is 0.0683. The van der Waals surface area contributed by atoms with E-state index in [9.17, 15) is 0 Å². The van der Waals surface area contributed by atoms with Gasteiger partial charge < -0.3 is 20.2 Å². The highest BCUT2D eigenvalue weighted by Crippen LogP contribution is 2.04. The molecular weight excluding hydrogens is 138 g/mol. The first-order valence-corrected chi connectivity index (χ1v) is 2.90. The third-order valence-electron chi connectivity index (χ3n) is 1.37. The lowest BCUT2D eigenvalue weighted by Crippen LogP contribution is -2.44. The normalized spacial score (nSPS) is 38.4. The summed E-state index contributed by atoms with van der Waals surface area (Å²) in [6.45, 7) is 0.162. The first-order valence-electron chi connectivity index (χ1n) is 2.90. The molecule has 0 bridgehead atoms. The fourth-order valence-electron chi connectivity index (χ4n) is 0.771. The highest BCUT2D eigenvalue weighted by atomic mass is 16.5. The van der Waals surface area contributed by atoms with Crippen molar-refractivity contribution in [2.75, 3.05) is 13.2 Å². The van der Waals surface area contributed by atoms with Crippen molar-refractivity contribution in [2.45, 2.75) is 12.2 Å². The Bertz CT molecular complexity index is 147. The zero-order chi connectivity index (χ0) is 7.56. The molecule has 0 saturated carbocycles. The SMILES string of the molecule is O/N=C1\COC[C@@H](O)[C@@H]1O. The van der Waals surface area contributed by atoms with Crippen LogP contribution in [0.3, 0.4) is 0 Å². The predicted octanol–water partition coefficient (Wildman–Crippen LogP) is -1.43. The molecule has 10 heavy (non-hydrogen) atoms. The van der Waals surface area contributed by atoms with Crippen LogP contribution in [0.5, 0.6) is 0 Å². The van der Waals surface area contributed by atoms with Gasteiger partial charge in [-0.2, -0.15) is 0 Å². The Hall–Kier alpha value is -0.650. The van der Waals surface area contributed by atoms with Crippen molar-refractivity contribution in [3.8, 4) is 0 Å². The Morgan fingerprint density at radius 1 is 1.50 bits per heavy atom. The van der Waals surface area contributed by atoms with E-state index in [-0.39, 0.29) is 18.9 Å². The monoisotopic (exact) mass is 147 g/mol. The molecule has 0 aromatic carbocycles. The lowest BCUT2D eigenvalue weighted by atomic mass is 10.1. The molecule has 0 spiro atoms. The summed E-state index contributed by atoms with van der Waals surface area (Å²) in [6.07, 6.45) is -2.06. The fraction of sp³-hybridized carbons (Fsp3) is 0.800. The maximum atomic E-state index is 9.02. The lowest BCUT2D eigenvalue weighted by molar-refractivity contribution is -0.0289. The van der Waals surface area contributed by atoms with E-state index in [1.807, 2.05) is 0 Å². The average molecular weight is 147 g/mol. The molecule has 0 aliphatic carbocycles. The minimum Gasteiger partial charge on any atom is -0.411 e. The lowest BCUT2D eigenvalue weighted by Gasteiger charge is -2.23. The van der Waals surface area contributed by atoms with Gasteiger partial charge in [-0.25, -0.2) is 0 Å². The number of ether oxygens (including phenoxy) is 1. The molecule has 1 saturated heterocycles. The van der Waals surface area contributed by atoms with Gasteiger partial charge in [-0.05, 0) is 0 Å². The van der Waals surface area contributed by atoms with Crippen molar-refractivity contribution in [3.63, 3.8) is 0 Å². The molecule has 1 rings (SSSR count). The van der Waals surface area contributed by atoms with Crippen LogP contribution in [0.25, 0.3) is 0 Å². The molecule has 5 nitrogen and oxygen atoms in total. The number of oxime groups is 1. The summed E-state index contributed by atoms with van der Waals surface area (Å²) in [6, 6.07) is 0. The van der Waals surface area contributed by atoms with Crippen molar-refractivity contribution < 1.29 is 20.2 Å². The molecule has 0 aromatic heterocycles. The minimum atomic E-state index is -1.08. The van der Waals surface area contributed by atoms with Crippen molar-refractivity contribution in [3.05, 3.63) is 0 Å². The standard InChI is InChI=1S/C5H9NO4/c7-4-2-10-1-3(6-9)5(4)8/h4-5,7-9H,1-2H2/b6-3+/t4-,5-/m1/s1. The summed E-state index contributed by atoms with van der Waals surface area (Å²) in [5.41, 5.74) is 0.0683. The van der Waals surface area contributed by atoms with Crippen LogP contribution in [0.2, 0.25) is 0 Å². The van der Waals surface area contributed by atoms with E-state index in [0.717, 1.165) is 0 Å². The predicted molar refractivity (Wildman–Crippen MR) is 32.1 cm³/mol. The van der Waals surface area contributed by atoms with Gasteiger partial charge in [0.1, 0.15) is 17.9 Å². The van der Waals surface area contributed by atoms with Crippen molar-refractivity contribution in [1.29, 1.82) is 0 Å². The van der Waals surface area contributed by atoms with E-state index in [1.165, 1.54) is 0 Å². The van der Waals surface area contributed by atoms with E-state index < -0.39 is 12.2 Å². The average Bonchev–Trinajstić information content (AvgIpc) is 1.95. The van der Waals surface area contributed by atoms with Crippen LogP contribution in [0.15, 0.2) is 5.16 Å². The molecule has 2 atom stereocenters. The second kappa shape index (κ2) is 2.96. The van der Waals surface area contributed by atoms with Crippen molar-refractivity contribution in [2.24, 2.45) is 5.16 Å². The Morgan fingerprint density at radius 2 is 2.20 bits per heavy atom. The summed E-state index contributed by atoms with van der Waals surface area (Å²) in [4.78, 5) is 0. The molecule has 0 aromatic rings. The maximum absolute atomic E-state index is 9.02. The van der Waals surface area contributed by atoms with Crippen LogP contribution in [-0.4, -0.2) is 46.6 Å². The van der Waals surface area contributed by atoms with Gasteiger partial charge in [0.05, 0.1) is 13.2 Å². The van der Waals surface area contributed by atoms with E-state index in [0.29, 0.717) is 0 Å². The Labute approximate surface area is 57.5 Å². The van der Waals surface area contributed by atoms with Gasteiger partial charge in [-0.1, -0.05) is 5.16 Å². The molecule has 1 aliphatic rings. The van der Waals surface area contributed by atoms with E-state index >= 15 is 0 Å². The Balaban J connectivity index is 2.60. The van der Waals surface area contributed by atoms with Gasteiger partial charge in [0.2, 0.25) is 0 Å². The maximum Gasteiger partial charge on any atom is 0.126 e. The summed E-state index contributed by atoms with van der Waals surface area (Å²) < 4.78 is 4.75. The molecule has 58 valence electrons. The van der Waals surface area contributed by atoms with E-state index in [1.54, 1.807) is 0 Å². The number of rotatable bonds is 0. The highest BCUT2D eigenvalue weighted by molar-refractivity contribution is 5.90. The van der Waals surface area contributed by atoms with E-state index in [2.05, 4.69) is 5.16 Å². The second-order valence-electron chi connectivity index (χ2n) is 2.12. The van der Waals surface area contributed by atoms with Crippen LogP contribution in [0, 0.1) is 0 Å². The third-order valence-corrected chi connectivity index (χ3v) is 1.37. The molecule has 5 heteroatoms. The summed E-state index contributed by atoms with van der Waals surface area (Å²) in [7, 11) is 0. The third kappa shape index (κ3) is 1.26. The van der Waals surface area contributed by atoms with Gasteiger partial charge >= 0.3 is 0 Å². The molecular formula is C5H9NO4. The fourth-order valence-corrected chi connectivity index (χ4v) is 0.771. The van der Waals surface area contributed by atoms with Crippen molar-refractivity contribution in [1.82, 2.24) is 0 Å². The summed E-state index contributed by atoms with van der Waals surface area (Å²) in [5, 5.41) is 28.9. The summed E-state index contributed by atoms with van der Waals surface area (Å²) in [5.74, 6) is 0. The Kier molecular flexibility index (Phi) is 2.21. The molecule has 3 N–H and O–H groups in total.